The molecule has 1 rings (SSSR count). The van der Waals surface area contributed by atoms with Crippen molar-refractivity contribution in [3.63, 3.8) is 0 Å². The van der Waals surface area contributed by atoms with Gasteiger partial charge in [-0.1, -0.05) is 25.7 Å². The first-order chi connectivity index (χ1) is 18.0. The second-order valence-corrected chi connectivity index (χ2v) is 11.6. The van der Waals surface area contributed by atoms with Crippen molar-refractivity contribution >= 4 is 21.4 Å². The molecule has 1 aromatic carbocycles. The minimum atomic E-state index is -6.55. The van der Waals surface area contributed by atoms with Crippen LogP contribution in [0.2, 0.25) is 0 Å². The van der Waals surface area contributed by atoms with Crippen molar-refractivity contribution in [2.45, 2.75) is 81.7 Å². The summed E-state index contributed by atoms with van der Waals surface area (Å²) in [5.74, 6) is -15.3. The zero-order valence-corrected chi connectivity index (χ0v) is 21.7. The Balaban J connectivity index is 2.48. The molecular weight excluding hydrogens is 590 g/mol. The minimum Gasteiger partial charge on any atom is -0.380 e. The molecule has 1 atom stereocenters. The Bertz CT molecular complexity index is 1170. The third kappa shape index (κ3) is 9.79. The van der Waals surface area contributed by atoms with Crippen LogP contribution in [0.4, 0.5) is 49.6 Å². The summed E-state index contributed by atoms with van der Waals surface area (Å²) >= 11 is 0. The highest BCUT2D eigenvalue weighted by atomic mass is 32.2. The fourth-order valence-corrected chi connectivity index (χ4v) is 4.82. The summed E-state index contributed by atoms with van der Waals surface area (Å²) in [7, 11) is -4.36. The van der Waals surface area contributed by atoms with Crippen LogP contribution in [0.3, 0.4) is 0 Å². The van der Waals surface area contributed by atoms with Gasteiger partial charge in [0.25, 0.3) is 5.91 Å². The van der Waals surface area contributed by atoms with Gasteiger partial charge in [0.2, 0.25) is 0 Å². The molecule has 0 bridgehead atoms. The van der Waals surface area contributed by atoms with E-state index in [9.17, 15) is 62.2 Å². The summed E-state index contributed by atoms with van der Waals surface area (Å²) in [5, 5.41) is 21.3. The van der Waals surface area contributed by atoms with E-state index in [4.69, 9.17) is 5.26 Å². The van der Waals surface area contributed by atoms with E-state index in [-0.39, 0.29) is 31.4 Å². The van der Waals surface area contributed by atoms with Crippen molar-refractivity contribution in [2.24, 2.45) is 0 Å². The van der Waals surface area contributed by atoms with Crippen molar-refractivity contribution in [3.8, 4) is 6.07 Å². The number of aliphatic hydroxyl groups is 1. The molecule has 0 radical (unpaired) electrons. The van der Waals surface area contributed by atoms with E-state index < -0.39 is 74.6 Å². The number of anilines is 1. The van der Waals surface area contributed by atoms with Crippen LogP contribution in [0.1, 0.15) is 63.0 Å². The molecule has 0 aromatic heterocycles. The van der Waals surface area contributed by atoms with Crippen LogP contribution < -0.4 is 5.32 Å². The molecule has 0 saturated carbocycles. The van der Waals surface area contributed by atoms with Crippen molar-refractivity contribution in [3.05, 3.63) is 29.3 Å². The number of nitrogens with one attached hydrogen (secondary N) is 1. The molecule has 1 aromatic rings. The van der Waals surface area contributed by atoms with E-state index in [1.165, 1.54) is 6.07 Å². The van der Waals surface area contributed by atoms with Crippen molar-refractivity contribution < 1.29 is 62.2 Å². The van der Waals surface area contributed by atoms with Gasteiger partial charge in [0.15, 0.2) is 9.84 Å². The summed E-state index contributed by atoms with van der Waals surface area (Å²) in [6.45, 7) is 1.11. The number of nitrogens with zero attached hydrogens (tertiary/aromatic N) is 1. The largest absolute Gasteiger partial charge is 0.459 e. The Hall–Kier alpha value is -2.61. The van der Waals surface area contributed by atoms with Gasteiger partial charge >= 0.3 is 24.2 Å². The predicted octanol–water partition coefficient (Wildman–Crippen LogP) is 6.24. The topological polar surface area (TPSA) is 107 Å². The molecule has 0 aliphatic heterocycles. The number of nitriles is 1. The summed E-state index contributed by atoms with van der Waals surface area (Å²) in [5.41, 5.74) is -4.26. The maximum atomic E-state index is 13.3. The van der Waals surface area contributed by atoms with Gasteiger partial charge in [0.1, 0.15) is 5.60 Å². The maximum Gasteiger partial charge on any atom is 0.459 e. The third-order valence-electron chi connectivity index (χ3n) is 5.85. The number of alkyl halides is 10. The van der Waals surface area contributed by atoms with Crippen LogP contribution in [0.25, 0.3) is 0 Å². The van der Waals surface area contributed by atoms with E-state index in [1.54, 1.807) is 0 Å². The lowest BCUT2D eigenvalue weighted by molar-refractivity contribution is -0.354. The number of carbonyl (C=O) groups excluding carboxylic acids is 1. The molecule has 0 fully saturated rings. The van der Waals surface area contributed by atoms with Crippen LogP contribution in [0.15, 0.2) is 18.2 Å². The number of carbonyl (C=O) groups is 1. The Morgan fingerprint density at radius 3 is 1.98 bits per heavy atom. The van der Waals surface area contributed by atoms with Crippen LogP contribution >= 0.6 is 0 Å². The fourth-order valence-electron chi connectivity index (χ4n) is 3.40. The Labute approximate surface area is 223 Å². The number of rotatable bonds is 14. The first-order valence-electron chi connectivity index (χ1n) is 11.6. The Kier molecular flexibility index (Phi) is 11.4. The molecule has 40 heavy (non-hydrogen) atoms. The first-order valence-corrected chi connectivity index (χ1v) is 13.5. The van der Waals surface area contributed by atoms with Crippen molar-refractivity contribution in [2.75, 3.05) is 16.8 Å². The van der Waals surface area contributed by atoms with Crippen LogP contribution in [-0.2, 0) is 20.8 Å². The van der Waals surface area contributed by atoms with Gasteiger partial charge in [0, 0.05) is 12.1 Å². The van der Waals surface area contributed by atoms with E-state index in [2.05, 4.69) is 5.32 Å². The number of hydrogen-bond acceptors (Lipinski definition) is 5. The second kappa shape index (κ2) is 12.9. The summed E-state index contributed by atoms with van der Waals surface area (Å²) in [4.78, 5) is 12.3. The highest BCUT2D eigenvalue weighted by Crippen LogP contribution is 2.48. The molecule has 17 heteroatoms. The van der Waals surface area contributed by atoms with Gasteiger partial charge in [-0.3, -0.25) is 4.79 Å². The number of amides is 1. The standard InChI is InChI=1S/C23H26F10N2O4S/c1-19(37,18(36)35-16-8-7-15(14-34)17(13-16)21(26,27)28)9-5-3-2-4-6-11-40(38,39)12-10-20(24,25)22(29,30)23(31,32)33/h7-8,13,37H,2-6,9-12H2,1H3,(H,35,36)/t19-/m0/s1. The molecule has 0 spiro atoms. The number of sulfone groups is 1. The lowest BCUT2D eigenvalue weighted by Gasteiger charge is -2.28. The van der Waals surface area contributed by atoms with Crippen molar-refractivity contribution in [1.82, 2.24) is 0 Å². The van der Waals surface area contributed by atoms with E-state index in [1.807, 2.05) is 0 Å². The normalized spacial score (nSPS) is 14.9. The molecule has 2 N–H and O–H groups in total. The van der Waals surface area contributed by atoms with Gasteiger partial charge in [-0.2, -0.15) is 49.2 Å². The lowest BCUT2D eigenvalue weighted by Crippen LogP contribution is -2.52. The molecule has 228 valence electrons. The third-order valence-corrected chi connectivity index (χ3v) is 7.59. The molecule has 6 nitrogen and oxygen atoms in total. The number of halogens is 10. The Morgan fingerprint density at radius 1 is 0.900 bits per heavy atom. The lowest BCUT2D eigenvalue weighted by atomic mass is 9.96. The van der Waals surface area contributed by atoms with Crippen LogP contribution in [-0.4, -0.2) is 54.6 Å². The number of hydrogen-bond donors (Lipinski definition) is 2. The van der Waals surface area contributed by atoms with E-state index >= 15 is 0 Å². The quantitative estimate of drug-likeness (QED) is 0.190. The predicted molar refractivity (Wildman–Crippen MR) is 122 cm³/mol. The van der Waals surface area contributed by atoms with E-state index in [0.717, 1.165) is 19.1 Å². The van der Waals surface area contributed by atoms with Crippen LogP contribution in [0, 0.1) is 11.3 Å². The molecule has 0 aliphatic carbocycles. The fraction of sp³-hybridized carbons (Fsp3) is 0.652. The zero-order valence-electron chi connectivity index (χ0n) is 20.9. The monoisotopic (exact) mass is 616 g/mol. The molecular formula is C23H26F10N2O4S. The number of unbranched alkanes of at least 4 members (excludes halogenated alkanes) is 4. The van der Waals surface area contributed by atoms with Gasteiger partial charge in [-0.15, -0.1) is 0 Å². The average molecular weight is 617 g/mol. The van der Waals surface area contributed by atoms with E-state index in [0.29, 0.717) is 18.9 Å². The smallest absolute Gasteiger partial charge is 0.380 e. The highest BCUT2D eigenvalue weighted by molar-refractivity contribution is 7.91. The van der Waals surface area contributed by atoms with Gasteiger partial charge in [0.05, 0.1) is 28.7 Å². The van der Waals surface area contributed by atoms with Gasteiger partial charge in [-0.05, 0) is 38.0 Å². The minimum absolute atomic E-state index is 0.110. The van der Waals surface area contributed by atoms with Crippen LogP contribution in [0.5, 0.6) is 0 Å². The molecule has 0 saturated heterocycles. The summed E-state index contributed by atoms with van der Waals surface area (Å²) in [6, 6.07) is 3.84. The highest BCUT2D eigenvalue weighted by Gasteiger charge is 2.72. The maximum absolute atomic E-state index is 13.3. The molecule has 0 heterocycles. The zero-order chi connectivity index (χ0) is 31.2. The van der Waals surface area contributed by atoms with Crippen molar-refractivity contribution in [1.29, 1.82) is 5.26 Å². The molecule has 0 unspecified atom stereocenters. The second-order valence-electron chi connectivity index (χ2n) is 9.29. The SMILES string of the molecule is C[C@](O)(CCCCCCCS(=O)(=O)CCC(F)(F)C(F)(F)C(F)(F)F)C(=O)Nc1ccc(C#N)c(C(F)(F)F)c1. The first kappa shape index (κ1) is 35.4. The van der Waals surface area contributed by atoms with Gasteiger partial charge < -0.3 is 10.4 Å². The molecule has 0 aliphatic rings. The Morgan fingerprint density at radius 2 is 1.45 bits per heavy atom. The summed E-state index contributed by atoms with van der Waals surface area (Å²) < 4.78 is 152. The summed E-state index contributed by atoms with van der Waals surface area (Å²) in [6.07, 6.45) is -12.8. The number of benzene rings is 1. The average Bonchev–Trinajstić information content (AvgIpc) is 2.80. The van der Waals surface area contributed by atoms with Gasteiger partial charge in [-0.25, -0.2) is 8.42 Å². The molecule has 1 amide bonds.